The fraction of sp³-hybridized carbons (Fsp3) is 0.538. The van der Waals surface area contributed by atoms with Gasteiger partial charge in [0.1, 0.15) is 0 Å². The molecule has 1 aromatic rings. The highest BCUT2D eigenvalue weighted by atomic mass is 79.9. The van der Waals surface area contributed by atoms with E-state index in [0.29, 0.717) is 6.10 Å². The molecule has 0 fully saturated rings. The maximum atomic E-state index is 5.85. The van der Waals surface area contributed by atoms with Crippen LogP contribution in [0.15, 0.2) is 22.7 Å². The summed E-state index contributed by atoms with van der Waals surface area (Å²) in [7, 11) is 0. The molecule has 1 aliphatic carbocycles. The minimum atomic E-state index is 0.417. The molecule has 0 aliphatic heterocycles. The van der Waals surface area contributed by atoms with E-state index in [0.717, 1.165) is 19.4 Å². The number of halogens is 1. The minimum absolute atomic E-state index is 0.417. The Morgan fingerprint density at radius 2 is 2.13 bits per heavy atom. The molecule has 0 heterocycles. The Balaban J connectivity index is 1.91. The smallest absolute Gasteiger partial charge is 0.0655 e. The summed E-state index contributed by atoms with van der Waals surface area (Å²) in [6, 6.07) is 6.55. The molecule has 1 aliphatic rings. The summed E-state index contributed by atoms with van der Waals surface area (Å²) in [4.78, 5) is 0. The van der Waals surface area contributed by atoms with Gasteiger partial charge in [-0.1, -0.05) is 35.3 Å². The van der Waals surface area contributed by atoms with E-state index in [1.807, 2.05) is 0 Å². The number of fused-ring (bicyclic) bond motifs is 1. The molecular formula is C13H17BrO. The van der Waals surface area contributed by atoms with Crippen LogP contribution in [0.2, 0.25) is 0 Å². The number of ether oxygens (including phenoxy) is 1. The van der Waals surface area contributed by atoms with Crippen molar-refractivity contribution in [2.24, 2.45) is 0 Å². The van der Waals surface area contributed by atoms with Crippen molar-refractivity contribution in [3.05, 3.63) is 33.8 Å². The van der Waals surface area contributed by atoms with E-state index < -0.39 is 0 Å². The van der Waals surface area contributed by atoms with Gasteiger partial charge in [-0.05, 0) is 42.5 Å². The van der Waals surface area contributed by atoms with Crippen molar-refractivity contribution < 1.29 is 4.74 Å². The van der Waals surface area contributed by atoms with Crippen molar-refractivity contribution >= 4 is 15.9 Å². The van der Waals surface area contributed by atoms with Crippen LogP contribution in [-0.2, 0) is 17.6 Å². The number of hydrogen-bond donors (Lipinski definition) is 0. The highest BCUT2D eigenvalue weighted by molar-refractivity contribution is 9.10. The Labute approximate surface area is 100.0 Å². The Morgan fingerprint density at radius 1 is 1.33 bits per heavy atom. The normalized spacial score (nSPS) is 19.2. The Hall–Kier alpha value is -0.340. The zero-order valence-electron chi connectivity index (χ0n) is 9.13. The standard InChI is InChI=1S/C13H17BrO/c1-2-3-6-15-13-8-10-4-5-12(14)7-11(10)9-13/h4-5,7,13H,2-3,6,8-9H2,1H3. The van der Waals surface area contributed by atoms with Gasteiger partial charge >= 0.3 is 0 Å². The number of rotatable bonds is 4. The van der Waals surface area contributed by atoms with E-state index in [1.165, 1.54) is 28.4 Å². The lowest BCUT2D eigenvalue weighted by Crippen LogP contribution is -2.13. The second-order valence-corrected chi connectivity index (χ2v) is 5.08. The van der Waals surface area contributed by atoms with E-state index in [9.17, 15) is 0 Å². The van der Waals surface area contributed by atoms with Crippen LogP contribution in [0.3, 0.4) is 0 Å². The molecule has 1 unspecified atom stereocenters. The maximum absolute atomic E-state index is 5.85. The second kappa shape index (κ2) is 5.13. The number of unbranched alkanes of at least 4 members (excludes halogenated alkanes) is 1. The van der Waals surface area contributed by atoms with Gasteiger partial charge in [-0.25, -0.2) is 0 Å². The summed E-state index contributed by atoms with van der Waals surface area (Å²) >= 11 is 3.51. The highest BCUT2D eigenvalue weighted by Gasteiger charge is 2.21. The Kier molecular flexibility index (Phi) is 3.81. The molecule has 82 valence electrons. The zero-order valence-corrected chi connectivity index (χ0v) is 10.7. The largest absolute Gasteiger partial charge is 0.378 e. The summed E-state index contributed by atoms with van der Waals surface area (Å²) < 4.78 is 7.03. The van der Waals surface area contributed by atoms with Gasteiger partial charge in [0.25, 0.3) is 0 Å². The van der Waals surface area contributed by atoms with Crippen molar-refractivity contribution in [3.8, 4) is 0 Å². The quantitative estimate of drug-likeness (QED) is 0.757. The van der Waals surface area contributed by atoms with Crippen LogP contribution < -0.4 is 0 Å². The molecule has 0 aromatic heterocycles. The first kappa shape index (κ1) is 11.2. The van der Waals surface area contributed by atoms with Gasteiger partial charge in [-0.2, -0.15) is 0 Å². The van der Waals surface area contributed by atoms with Crippen LogP contribution >= 0.6 is 15.9 Å². The molecule has 2 heteroatoms. The first-order chi connectivity index (χ1) is 7.29. The van der Waals surface area contributed by atoms with E-state index >= 15 is 0 Å². The summed E-state index contributed by atoms with van der Waals surface area (Å²) in [6.07, 6.45) is 4.98. The van der Waals surface area contributed by atoms with E-state index in [4.69, 9.17) is 4.74 Å². The topological polar surface area (TPSA) is 9.23 Å². The minimum Gasteiger partial charge on any atom is -0.378 e. The lowest BCUT2D eigenvalue weighted by Gasteiger charge is -2.09. The third kappa shape index (κ3) is 2.82. The average molecular weight is 269 g/mol. The fourth-order valence-corrected chi connectivity index (χ4v) is 2.47. The molecule has 0 spiro atoms. The highest BCUT2D eigenvalue weighted by Crippen LogP contribution is 2.27. The predicted molar refractivity (Wildman–Crippen MR) is 66.2 cm³/mol. The van der Waals surface area contributed by atoms with Gasteiger partial charge in [0.05, 0.1) is 6.10 Å². The van der Waals surface area contributed by atoms with E-state index in [-0.39, 0.29) is 0 Å². The van der Waals surface area contributed by atoms with Crippen molar-refractivity contribution in [2.45, 2.75) is 38.7 Å². The molecule has 1 nitrogen and oxygen atoms in total. The fourth-order valence-electron chi connectivity index (χ4n) is 2.06. The van der Waals surface area contributed by atoms with Gasteiger partial charge < -0.3 is 4.74 Å². The molecule has 2 rings (SSSR count). The molecule has 0 bridgehead atoms. The summed E-state index contributed by atoms with van der Waals surface area (Å²) in [5, 5.41) is 0. The van der Waals surface area contributed by atoms with Crippen molar-refractivity contribution in [1.29, 1.82) is 0 Å². The van der Waals surface area contributed by atoms with Crippen LogP contribution in [0.4, 0.5) is 0 Å². The van der Waals surface area contributed by atoms with Crippen LogP contribution in [0.1, 0.15) is 30.9 Å². The third-order valence-electron chi connectivity index (χ3n) is 2.91. The summed E-state index contributed by atoms with van der Waals surface area (Å²) in [5.41, 5.74) is 2.91. The van der Waals surface area contributed by atoms with Crippen molar-refractivity contribution in [2.75, 3.05) is 6.61 Å². The lowest BCUT2D eigenvalue weighted by molar-refractivity contribution is 0.0588. The summed E-state index contributed by atoms with van der Waals surface area (Å²) in [5.74, 6) is 0. The lowest BCUT2D eigenvalue weighted by atomic mass is 10.1. The van der Waals surface area contributed by atoms with Crippen LogP contribution in [-0.4, -0.2) is 12.7 Å². The molecule has 0 saturated carbocycles. The molecule has 15 heavy (non-hydrogen) atoms. The zero-order chi connectivity index (χ0) is 10.7. The van der Waals surface area contributed by atoms with E-state index in [1.54, 1.807) is 0 Å². The van der Waals surface area contributed by atoms with Gasteiger partial charge in [-0.3, -0.25) is 0 Å². The molecule has 1 aromatic carbocycles. The van der Waals surface area contributed by atoms with E-state index in [2.05, 4.69) is 41.1 Å². The molecule has 0 radical (unpaired) electrons. The molecule has 1 atom stereocenters. The van der Waals surface area contributed by atoms with Crippen LogP contribution in [0.5, 0.6) is 0 Å². The third-order valence-corrected chi connectivity index (χ3v) is 3.41. The number of hydrogen-bond acceptors (Lipinski definition) is 1. The number of benzene rings is 1. The van der Waals surface area contributed by atoms with Gasteiger partial charge in [0.2, 0.25) is 0 Å². The molecule has 0 N–H and O–H groups in total. The van der Waals surface area contributed by atoms with Crippen molar-refractivity contribution in [3.63, 3.8) is 0 Å². The maximum Gasteiger partial charge on any atom is 0.0655 e. The van der Waals surface area contributed by atoms with Crippen LogP contribution in [0.25, 0.3) is 0 Å². The first-order valence-electron chi connectivity index (χ1n) is 5.68. The van der Waals surface area contributed by atoms with Gasteiger partial charge in [-0.15, -0.1) is 0 Å². The molecule has 0 amide bonds. The Morgan fingerprint density at radius 3 is 2.93 bits per heavy atom. The first-order valence-corrected chi connectivity index (χ1v) is 6.48. The summed E-state index contributed by atoms with van der Waals surface area (Å²) in [6.45, 7) is 3.11. The molecule has 0 saturated heterocycles. The SMILES string of the molecule is CCCCOC1Cc2ccc(Br)cc2C1. The van der Waals surface area contributed by atoms with Crippen LogP contribution in [0, 0.1) is 0 Å². The van der Waals surface area contributed by atoms with Gasteiger partial charge in [0.15, 0.2) is 0 Å². The molecular weight excluding hydrogens is 252 g/mol. The monoisotopic (exact) mass is 268 g/mol. The predicted octanol–water partition coefficient (Wildman–Crippen LogP) is 3.73. The van der Waals surface area contributed by atoms with Gasteiger partial charge in [0, 0.05) is 11.1 Å². The average Bonchev–Trinajstić information content (AvgIpc) is 2.60. The second-order valence-electron chi connectivity index (χ2n) is 4.17. The Bertz CT molecular complexity index is 335. The van der Waals surface area contributed by atoms with Crippen molar-refractivity contribution in [1.82, 2.24) is 0 Å².